The van der Waals surface area contributed by atoms with Crippen LogP contribution in [0.1, 0.15) is 112 Å². The maximum Gasteiger partial charge on any atom is 0.307 e. The molecule has 0 aromatic rings. The number of allylic oxidation sites excluding steroid dienone is 11. The minimum atomic E-state index is -0.686. The standard InChI is InChI=1S/C38H54O6/c1-7-8-9-10-11-12-13-14-15-16-17-18-19-20-21-22-26-38(41)42-30-29-36(31-43-34(5)39)37(44-35(6)40)28-27-33(4)25-23-24-32(2)3/h11-12,14-15,17-18,20-21,24,27,31,37H,7-10,13,16,19,22,26,28-30H2,1-6H3. The number of ether oxygens (including phenoxy) is 3. The molecule has 0 spiro atoms. The lowest BCUT2D eigenvalue weighted by Crippen LogP contribution is -2.20. The first-order valence-corrected chi connectivity index (χ1v) is 15.8. The molecular weight excluding hydrogens is 552 g/mol. The van der Waals surface area contributed by atoms with E-state index in [1.165, 1.54) is 45.8 Å². The van der Waals surface area contributed by atoms with Gasteiger partial charge in [-0.3, -0.25) is 14.4 Å². The molecule has 44 heavy (non-hydrogen) atoms. The minimum Gasteiger partial charge on any atom is -0.465 e. The largest absolute Gasteiger partial charge is 0.465 e. The van der Waals surface area contributed by atoms with Crippen molar-refractivity contribution in [1.29, 1.82) is 0 Å². The Balaban J connectivity index is 4.65. The van der Waals surface area contributed by atoms with Crippen molar-refractivity contribution in [1.82, 2.24) is 0 Å². The molecule has 0 saturated carbocycles. The third-order valence-corrected chi connectivity index (χ3v) is 5.99. The normalized spacial score (nSPS) is 12.9. The molecule has 0 saturated heterocycles. The van der Waals surface area contributed by atoms with Crippen LogP contribution in [0.5, 0.6) is 0 Å². The summed E-state index contributed by atoms with van der Waals surface area (Å²) in [5.74, 6) is 4.71. The van der Waals surface area contributed by atoms with E-state index < -0.39 is 18.0 Å². The van der Waals surface area contributed by atoms with Crippen LogP contribution in [0, 0.1) is 11.8 Å². The lowest BCUT2D eigenvalue weighted by Gasteiger charge is -2.19. The fourth-order valence-corrected chi connectivity index (χ4v) is 3.68. The summed E-state index contributed by atoms with van der Waals surface area (Å²) in [6.07, 6.45) is 30.6. The number of rotatable bonds is 21. The van der Waals surface area contributed by atoms with Crippen molar-refractivity contribution >= 4 is 17.9 Å². The first-order chi connectivity index (χ1) is 21.1. The predicted molar refractivity (Wildman–Crippen MR) is 180 cm³/mol. The van der Waals surface area contributed by atoms with Gasteiger partial charge in [0.05, 0.1) is 12.9 Å². The summed E-state index contributed by atoms with van der Waals surface area (Å²) in [7, 11) is 0. The average Bonchev–Trinajstić information content (AvgIpc) is 2.96. The molecule has 6 nitrogen and oxygen atoms in total. The van der Waals surface area contributed by atoms with Gasteiger partial charge in [0.15, 0.2) is 0 Å². The summed E-state index contributed by atoms with van der Waals surface area (Å²) in [5.41, 5.74) is 2.45. The minimum absolute atomic E-state index is 0.0708. The highest BCUT2D eigenvalue weighted by Crippen LogP contribution is 2.18. The third kappa shape index (κ3) is 27.0. The molecule has 0 aromatic carbocycles. The van der Waals surface area contributed by atoms with Gasteiger partial charge in [0, 0.05) is 38.7 Å². The van der Waals surface area contributed by atoms with Crippen molar-refractivity contribution in [3.63, 3.8) is 0 Å². The molecule has 6 heteroatoms. The zero-order chi connectivity index (χ0) is 32.8. The summed E-state index contributed by atoms with van der Waals surface area (Å²) in [6, 6.07) is 0. The zero-order valence-corrected chi connectivity index (χ0v) is 27.9. The molecule has 0 heterocycles. The van der Waals surface area contributed by atoms with E-state index >= 15 is 0 Å². The van der Waals surface area contributed by atoms with E-state index in [0.717, 1.165) is 30.4 Å². The fraction of sp³-hybridized carbons (Fsp3) is 0.500. The highest BCUT2D eigenvalue weighted by Gasteiger charge is 2.18. The number of carbonyl (C=O) groups excluding carboxylic acids is 3. The van der Waals surface area contributed by atoms with Crippen molar-refractivity contribution in [3.8, 4) is 11.8 Å². The van der Waals surface area contributed by atoms with Crippen LogP contribution in [0.3, 0.4) is 0 Å². The van der Waals surface area contributed by atoms with E-state index in [0.29, 0.717) is 18.4 Å². The second kappa shape index (κ2) is 28.0. The number of carbonyl (C=O) groups is 3. The van der Waals surface area contributed by atoms with Gasteiger partial charge in [0.2, 0.25) is 0 Å². The molecule has 0 aromatic heterocycles. The first kappa shape index (κ1) is 40.1. The molecule has 242 valence electrons. The molecule has 0 aliphatic carbocycles. The molecule has 0 rings (SSSR count). The highest BCUT2D eigenvalue weighted by atomic mass is 16.6. The number of unbranched alkanes of at least 4 members (excludes halogenated alkanes) is 3. The molecule has 0 fully saturated rings. The molecule has 1 unspecified atom stereocenters. The Morgan fingerprint density at radius 3 is 1.93 bits per heavy atom. The van der Waals surface area contributed by atoms with Crippen molar-refractivity contribution in [2.75, 3.05) is 6.61 Å². The van der Waals surface area contributed by atoms with Crippen LogP contribution < -0.4 is 0 Å². The molecular formula is C38H54O6. The van der Waals surface area contributed by atoms with Gasteiger partial charge >= 0.3 is 17.9 Å². The maximum atomic E-state index is 12.2. The Morgan fingerprint density at radius 1 is 0.750 bits per heavy atom. The van der Waals surface area contributed by atoms with E-state index in [2.05, 4.69) is 55.2 Å². The lowest BCUT2D eigenvalue weighted by atomic mass is 10.0. The summed E-state index contributed by atoms with van der Waals surface area (Å²) in [5, 5.41) is 0. The Labute approximate surface area is 266 Å². The van der Waals surface area contributed by atoms with E-state index in [1.807, 2.05) is 45.1 Å². The van der Waals surface area contributed by atoms with Crippen molar-refractivity contribution in [2.45, 2.75) is 118 Å². The van der Waals surface area contributed by atoms with Crippen molar-refractivity contribution < 1.29 is 28.6 Å². The summed E-state index contributed by atoms with van der Waals surface area (Å²) < 4.78 is 16.0. The van der Waals surface area contributed by atoms with Crippen LogP contribution in [0.4, 0.5) is 0 Å². The van der Waals surface area contributed by atoms with Crippen LogP contribution in [-0.4, -0.2) is 30.6 Å². The Morgan fingerprint density at radius 2 is 1.36 bits per heavy atom. The van der Waals surface area contributed by atoms with Gasteiger partial charge in [0.25, 0.3) is 0 Å². The van der Waals surface area contributed by atoms with Gasteiger partial charge < -0.3 is 14.2 Å². The fourth-order valence-electron chi connectivity index (χ4n) is 3.68. The molecule has 1 atom stereocenters. The molecule has 0 radical (unpaired) electrons. The monoisotopic (exact) mass is 606 g/mol. The lowest BCUT2D eigenvalue weighted by molar-refractivity contribution is -0.146. The Kier molecular flexibility index (Phi) is 25.5. The van der Waals surface area contributed by atoms with E-state index in [4.69, 9.17) is 14.2 Å². The maximum absolute atomic E-state index is 12.2. The topological polar surface area (TPSA) is 78.9 Å². The molecule has 0 aliphatic heterocycles. The van der Waals surface area contributed by atoms with Crippen LogP contribution >= 0.6 is 0 Å². The predicted octanol–water partition coefficient (Wildman–Crippen LogP) is 9.36. The SMILES string of the molecule is CCCCCC=CCC=CCC=CCC=CCCC(=O)OCCC(=COC(C)=O)C(CC=C(C)C#CC=C(C)C)OC(C)=O. The Bertz CT molecular complexity index is 1110. The second-order valence-corrected chi connectivity index (χ2v) is 10.6. The van der Waals surface area contributed by atoms with Crippen LogP contribution in [0.2, 0.25) is 0 Å². The van der Waals surface area contributed by atoms with Crippen LogP contribution in [0.25, 0.3) is 0 Å². The van der Waals surface area contributed by atoms with E-state index in [-0.39, 0.29) is 25.4 Å². The molecule has 0 N–H and O–H groups in total. The van der Waals surface area contributed by atoms with Crippen molar-refractivity contribution in [2.24, 2.45) is 0 Å². The average molecular weight is 607 g/mol. The summed E-state index contributed by atoms with van der Waals surface area (Å²) in [4.78, 5) is 35.5. The van der Waals surface area contributed by atoms with Gasteiger partial charge in [-0.1, -0.05) is 91.9 Å². The summed E-state index contributed by atoms with van der Waals surface area (Å²) >= 11 is 0. The number of esters is 3. The van der Waals surface area contributed by atoms with Crippen LogP contribution in [-0.2, 0) is 28.6 Å². The van der Waals surface area contributed by atoms with Gasteiger partial charge in [-0.05, 0) is 70.9 Å². The van der Waals surface area contributed by atoms with Gasteiger partial charge in [-0.25, -0.2) is 0 Å². The quantitative estimate of drug-likeness (QED) is 0.0323. The van der Waals surface area contributed by atoms with Gasteiger partial charge in [-0.15, -0.1) is 0 Å². The number of hydrogen-bond donors (Lipinski definition) is 0. The van der Waals surface area contributed by atoms with Gasteiger partial charge in [-0.2, -0.15) is 0 Å². The first-order valence-electron chi connectivity index (χ1n) is 15.8. The Hall–Kier alpha value is -3.85. The second-order valence-electron chi connectivity index (χ2n) is 10.6. The summed E-state index contributed by atoms with van der Waals surface area (Å²) in [6.45, 7) is 10.7. The molecule has 0 bridgehead atoms. The van der Waals surface area contributed by atoms with E-state index in [1.54, 1.807) is 0 Å². The third-order valence-electron chi connectivity index (χ3n) is 5.99. The van der Waals surface area contributed by atoms with Gasteiger partial charge in [0.1, 0.15) is 6.10 Å². The van der Waals surface area contributed by atoms with Crippen LogP contribution in [0.15, 0.2) is 83.7 Å². The molecule has 0 aliphatic rings. The smallest absolute Gasteiger partial charge is 0.307 e. The van der Waals surface area contributed by atoms with E-state index in [9.17, 15) is 14.4 Å². The zero-order valence-electron chi connectivity index (χ0n) is 27.9. The highest BCUT2D eigenvalue weighted by molar-refractivity contribution is 5.69. The van der Waals surface area contributed by atoms with Crippen molar-refractivity contribution in [3.05, 3.63) is 83.7 Å². The number of hydrogen-bond acceptors (Lipinski definition) is 6. The molecule has 0 amide bonds.